The quantitative estimate of drug-likeness (QED) is 0.847. The molecule has 1 fully saturated rings. The minimum absolute atomic E-state index is 0.679. The van der Waals surface area contributed by atoms with Crippen molar-refractivity contribution in [2.45, 2.75) is 38.0 Å². The summed E-state index contributed by atoms with van der Waals surface area (Å²) in [6, 6.07) is 8.86. The van der Waals surface area contributed by atoms with Gasteiger partial charge in [-0.15, -0.1) is 0 Å². The average molecular weight is 268 g/mol. The Bertz CT molecular complexity index is 559. The van der Waals surface area contributed by atoms with Gasteiger partial charge < -0.3 is 5.32 Å². The van der Waals surface area contributed by atoms with E-state index in [-0.39, 0.29) is 0 Å². The lowest BCUT2D eigenvalue weighted by Crippen LogP contribution is -2.24. The number of hydrogen-bond acceptors (Lipinski definition) is 2. The smallest absolute Gasteiger partial charge is 0.0349 e. The van der Waals surface area contributed by atoms with Crippen LogP contribution in [0.1, 0.15) is 43.6 Å². The zero-order valence-corrected chi connectivity index (χ0v) is 12.3. The van der Waals surface area contributed by atoms with Gasteiger partial charge in [-0.3, -0.25) is 4.98 Å². The highest BCUT2D eigenvalue weighted by Crippen LogP contribution is 2.38. The summed E-state index contributed by atoms with van der Waals surface area (Å²) in [4.78, 5) is 4.35. The molecule has 2 atom stereocenters. The summed E-state index contributed by atoms with van der Waals surface area (Å²) in [6.45, 7) is 1.13. The SMILES string of the molecule is CNCC1CCCCCC1c1cccc2ccncc12. The van der Waals surface area contributed by atoms with Gasteiger partial charge in [0.1, 0.15) is 0 Å². The molecule has 1 heterocycles. The van der Waals surface area contributed by atoms with Crippen molar-refractivity contribution in [3.8, 4) is 0 Å². The highest BCUT2D eigenvalue weighted by atomic mass is 14.8. The number of rotatable bonds is 3. The number of hydrogen-bond donors (Lipinski definition) is 1. The van der Waals surface area contributed by atoms with E-state index >= 15 is 0 Å². The molecule has 106 valence electrons. The number of fused-ring (bicyclic) bond motifs is 1. The third-order valence-electron chi connectivity index (χ3n) is 4.74. The van der Waals surface area contributed by atoms with Crippen molar-refractivity contribution in [3.05, 3.63) is 42.2 Å². The molecule has 0 aliphatic heterocycles. The van der Waals surface area contributed by atoms with Crippen molar-refractivity contribution in [3.63, 3.8) is 0 Å². The molecular formula is C18H24N2. The summed E-state index contributed by atoms with van der Waals surface area (Å²) in [5.74, 6) is 1.44. The summed E-state index contributed by atoms with van der Waals surface area (Å²) in [7, 11) is 2.08. The van der Waals surface area contributed by atoms with Crippen molar-refractivity contribution in [2.24, 2.45) is 5.92 Å². The second kappa shape index (κ2) is 6.36. The lowest BCUT2D eigenvalue weighted by molar-refractivity contribution is 0.388. The molecule has 0 bridgehead atoms. The molecule has 2 aromatic rings. The number of pyridine rings is 1. The van der Waals surface area contributed by atoms with Gasteiger partial charge >= 0.3 is 0 Å². The molecule has 0 amide bonds. The van der Waals surface area contributed by atoms with E-state index in [4.69, 9.17) is 0 Å². The first kappa shape index (κ1) is 13.6. The van der Waals surface area contributed by atoms with Crippen LogP contribution in [0.2, 0.25) is 0 Å². The van der Waals surface area contributed by atoms with E-state index in [1.165, 1.54) is 48.4 Å². The van der Waals surface area contributed by atoms with Gasteiger partial charge in [-0.25, -0.2) is 0 Å². The van der Waals surface area contributed by atoms with E-state index in [2.05, 4.69) is 41.6 Å². The Morgan fingerprint density at radius 1 is 1.15 bits per heavy atom. The number of nitrogens with one attached hydrogen (secondary N) is 1. The van der Waals surface area contributed by atoms with Gasteiger partial charge in [0.05, 0.1) is 0 Å². The minimum Gasteiger partial charge on any atom is -0.319 e. The Hall–Kier alpha value is -1.41. The maximum atomic E-state index is 4.35. The second-order valence-corrected chi connectivity index (χ2v) is 6.01. The Kier molecular flexibility index (Phi) is 4.31. The van der Waals surface area contributed by atoms with Gasteiger partial charge in [0, 0.05) is 17.8 Å². The zero-order chi connectivity index (χ0) is 13.8. The molecule has 1 aliphatic carbocycles. The monoisotopic (exact) mass is 268 g/mol. The number of benzene rings is 1. The van der Waals surface area contributed by atoms with Gasteiger partial charge in [0.15, 0.2) is 0 Å². The van der Waals surface area contributed by atoms with Crippen LogP contribution in [0.4, 0.5) is 0 Å². The normalized spacial score (nSPS) is 23.6. The summed E-state index contributed by atoms with van der Waals surface area (Å²) < 4.78 is 0. The minimum atomic E-state index is 0.679. The first-order valence-electron chi connectivity index (χ1n) is 7.87. The molecule has 20 heavy (non-hydrogen) atoms. The third-order valence-corrected chi connectivity index (χ3v) is 4.74. The van der Waals surface area contributed by atoms with Gasteiger partial charge in [-0.2, -0.15) is 0 Å². The van der Waals surface area contributed by atoms with E-state index in [0.717, 1.165) is 12.5 Å². The Morgan fingerprint density at radius 2 is 2.05 bits per heavy atom. The fourth-order valence-electron chi connectivity index (χ4n) is 3.76. The predicted molar refractivity (Wildman–Crippen MR) is 85.0 cm³/mol. The Balaban J connectivity index is 2.02. The van der Waals surface area contributed by atoms with Gasteiger partial charge in [-0.1, -0.05) is 37.5 Å². The van der Waals surface area contributed by atoms with E-state index in [1.807, 2.05) is 12.4 Å². The van der Waals surface area contributed by atoms with E-state index in [1.54, 1.807) is 0 Å². The van der Waals surface area contributed by atoms with Gasteiger partial charge in [0.25, 0.3) is 0 Å². The van der Waals surface area contributed by atoms with Crippen LogP contribution in [-0.4, -0.2) is 18.6 Å². The van der Waals surface area contributed by atoms with Crippen LogP contribution in [0.25, 0.3) is 10.8 Å². The van der Waals surface area contributed by atoms with Crippen LogP contribution in [0.15, 0.2) is 36.7 Å². The molecule has 0 radical (unpaired) electrons. The summed E-state index contributed by atoms with van der Waals surface area (Å²) in [5.41, 5.74) is 1.51. The van der Waals surface area contributed by atoms with Gasteiger partial charge in [-0.05, 0) is 55.3 Å². The van der Waals surface area contributed by atoms with Crippen molar-refractivity contribution in [1.82, 2.24) is 10.3 Å². The fraction of sp³-hybridized carbons (Fsp3) is 0.500. The highest BCUT2D eigenvalue weighted by molar-refractivity contribution is 5.85. The Morgan fingerprint density at radius 3 is 2.95 bits per heavy atom. The zero-order valence-electron chi connectivity index (χ0n) is 12.3. The van der Waals surface area contributed by atoms with E-state index < -0.39 is 0 Å². The summed E-state index contributed by atoms with van der Waals surface area (Å²) in [6.07, 6.45) is 10.7. The molecule has 0 saturated heterocycles. The van der Waals surface area contributed by atoms with Crippen molar-refractivity contribution >= 4 is 10.8 Å². The molecular weight excluding hydrogens is 244 g/mol. The Labute approximate surface area is 121 Å². The average Bonchev–Trinajstić information content (AvgIpc) is 2.73. The first-order valence-corrected chi connectivity index (χ1v) is 7.87. The molecule has 1 aliphatic rings. The van der Waals surface area contributed by atoms with E-state index in [0.29, 0.717) is 5.92 Å². The lowest BCUT2D eigenvalue weighted by atomic mass is 9.80. The van der Waals surface area contributed by atoms with Crippen molar-refractivity contribution in [2.75, 3.05) is 13.6 Å². The first-order chi connectivity index (χ1) is 9.90. The van der Waals surface area contributed by atoms with Crippen LogP contribution in [0.5, 0.6) is 0 Å². The molecule has 1 N–H and O–H groups in total. The van der Waals surface area contributed by atoms with Crippen LogP contribution in [-0.2, 0) is 0 Å². The molecule has 2 heteroatoms. The molecule has 2 nitrogen and oxygen atoms in total. The standard InChI is InChI=1S/C18H24N2/c1-19-12-15-6-3-2-4-8-16(15)17-9-5-7-14-10-11-20-13-18(14)17/h5,7,9-11,13,15-16,19H,2-4,6,8,12H2,1H3. The second-order valence-electron chi connectivity index (χ2n) is 6.01. The van der Waals surface area contributed by atoms with Crippen LogP contribution in [0.3, 0.4) is 0 Å². The lowest BCUT2D eigenvalue weighted by Gasteiger charge is -2.26. The number of nitrogens with zero attached hydrogens (tertiary/aromatic N) is 1. The van der Waals surface area contributed by atoms with Gasteiger partial charge in [0.2, 0.25) is 0 Å². The molecule has 1 aromatic carbocycles. The number of aromatic nitrogens is 1. The maximum absolute atomic E-state index is 4.35. The largest absolute Gasteiger partial charge is 0.319 e. The third kappa shape index (κ3) is 2.71. The summed E-state index contributed by atoms with van der Waals surface area (Å²) in [5, 5.41) is 6.07. The molecule has 2 unspecified atom stereocenters. The van der Waals surface area contributed by atoms with E-state index in [9.17, 15) is 0 Å². The molecule has 3 rings (SSSR count). The molecule has 1 saturated carbocycles. The van der Waals surface area contributed by atoms with Crippen LogP contribution in [0, 0.1) is 5.92 Å². The predicted octanol–water partition coefficient (Wildman–Crippen LogP) is 4.12. The fourth-order valence-corrected chi connectivity index (χ4v) is 3.76. The molecule has 1 aromatic heterocycles. The van der Waals surface area contributed by atoms with Crippen LogP contribution >= 0.6 is 0 Å². The summed E-state index contributed by atoms with van der Waals surface area (Å²) >= 11 is 0. The highest BCUT2D eigenvalue weighted by Gasteiger charge is 2.25. The van der Waals surface area contributed by atoms with Crippen LogP contribution < -0.4 is 5.32 Å². The molecule has 0 spiro atoms. The topological polar surface area (TPSA) is 24.9 Å². The van der Waals surface area contributed by atoms with Crippen molar-refractivity contribution < 1.29 is 0 Å². The maximum Gasteiger partial charge on any atom is 0.0349 e. The van der Waals surface area contributed by atoms with Crippen molar-refractivity contribution in [1.29, 1.82) is 0 Å².